The largest absolute Gasteiger partial charge is 0.345 e. The van der Waals surface area contributed by atoms with E-state index in [1.54, 1.807) is 11.3 Å². The standard InChI is InChI=1S/C22H28N4O2S/c1-15(2)21(28)25-10-12-26(13-11-25)22-24-18-9-8-16(14-19(18)29-22)20(27)23-17-6-4-3-5-7-17/h3-7,15-16H,8-14H2,1-2H3,(H,23,27)/t16-/m0/s1. The maximum atomic E-state index is 12.7. The zero-order valence-corrected chi connectivity index (χ0v) is 17.9. The molecule has 0 bridgehead atoms. The lowest BCUT2D eigenvalue weighted by atomic mass is 9.90. The number of benzene rings is 1. The van der Waals surface area contributed by atoms with E-state index in [1.807, 2.05) is 49.1 Å². The first kappa shape index (κ1) is 19.9. The molecule has 0 radical (unpaired) electrons. The molecule has 1 aromatic heterocycles. The van der Waals surface area contributed by atoms with Gasteiger partial charge in [0.15, 0.2) is 5.13 Å². The van der Waals surface area contributed by atoms with E-state index in [0.717, 1.165) is 62.0 Å². The Morgan fingerprint density at radius 2 is 1.86 bits per heavy atom. The number of anilines is 2. The highest BCUT2D eigenvalue weighted by molar-refractivity contribution is 7.15. The Bertz CT molecular complexity index is 872. The molecular formula is C22H28N4O2S. The molecule has 6 nitrogen and oxygen atoms in total. The van der Waals surface area contributed by atoms with Crippen LogP contribution in [0.3, 0.4) is 0 Å². The van der Waals surface area contributed by atoms with Crippen molar-refractivity contribution in [3.05, 3.63) is 40.9 Å². The first-order valence-electron chi connectivity index (χ1n) is 10.4. The predicted molar refractivity (Wildman–Crippen MR) is 116 cm³/mol. The van der Waals surface area contributed by atoms with Crippen molar-refractivity contribution in [2.45, 2.75) is 33.1 Å². The molecule has 0 spiro atoms. The third-order valence-corrected chi connectivity index (χ3v) is 6.88. The molecule has 29 heavy (non-hydrogen) atoms. The molecule has 0 saturated carbocycles. The quantitative estimate of drug-likeness (QED) is 0.838. The molecule has 1 saturated heterocycles. The summed E-state index contributed by atoms with van der Waals surface area (Å²) in [5.41, 5.74) is 2.00. The van der Waals surface area contributed by atoms with Crippen molar-refractivity contribution in [3.8, 4) is 0 Å². The summed E-state index contributed by atoms with van der Waals surface area (Å²) in [6, 6.07) is 9.64. The molecule has 1 aromatic carbocycles. The summed E-state index contributed by atoms with van der Waals surface area (Å²) < 4.78 is 0. The number of amides is 2. The third kappa shape index (κ3) is 4.45. The molecule has 1 aliphatic heterocycles. The zero-order chi connectivity index (χ0) is 20.4. The SMILES string of the molecule is CC(C)C(=O)N1CCN(c2nc3c(s2)C[C@@H](C(=O)Nc2ccccc2)CC3)CC1. The highest BCUT2D eigenvalue weighted by atomic mass is 32.1. The van der Waals surface area contributed by atoms with Gasteiger partial charge in [0.1, 0.15) is 0 Å². The Morgan fingerprint density at radius 1 is 1.14 bits per heavy atom. The Labute approximate surface area is 175 Å². The molecular weight excluding hydrogens is 384 g/mol. The van der Waals surface area contributed by atoms with Gasteiger partial charge in [-0.2, -0.15) is 0 Å². The average molecular weight is 413 g/mol. The van der Waals surface area contributed by atoms with Gasteiger partial charge < -0.3 is 15.1 Å². The number of carbonyl (C=O) groups is 2. The molecule has 2 aromatic rings. The maximum absolute atomic E-state index is 12.7. The van der Waals surface area contributed by atoms with Gasteiger partial charge in [-0.05, 0) is 31.4 Å². The second-order valence-corrected chi connectivity index (χ2v) is 9.19. The molecule has 154 valence electrons. The van der Waals surface area contributed by atoms with Gasteiger partial charge >= 0.3 is 0 Å². The van der Waals surface area contributed by atoms with Gasteiger partial charge in [0.2, 0.25) is 11.8 Å². The van der Waals surface area contributed by atoms with E-state index in [1.165, 1.54) is 4.88 Å². The number of hydrogen-bond donors (Lipinski definition) is 1. The Morgan fingerprint density at radius 3 is 2.55 bits per heavy atom. The molecule has 2 amide bonds. The second-order valence-electron chi connectivity index (χ2n) is 8.13. The van der Waals surface area contributed by atoms with E-state index >= 15 is 0 Å². The van der Waals surface area contributed by atoms with Gasteiger partial charge in [-0.3, -0.25) is 9.59 Å². The molecule has 1 atom stereocenters. The minimum atomic E-state index is -0.00323. The fourth-order valence-corrected chi connectivity index (χ4v) is 5.21. The predicted octanol–water partition coefficient (Wildman–Crippen LogP) is 3.19. The Hall–Kier alpha value is -2.41. The summed E-state index contributed by atoms with van der Waals surface area (Å²) in [5.74, 6) is 0.372. The highest BCUT2D eigenvalue weighted by Crippen LogP contribution is 2.35. The lowest BCUT2D eigenvalue weighted by molar-refractivity contribution is -0.134. The number of carbonyl (C=O) groups excluding carboxylic acids is 2. The average Bonchev–Trinajstić information content (AvgIpc) is 3.17. The molecule has 1 N–H and O–H groups in total. The minimum absolute atomic E-state index is 0.00323. The van der Waals surface area contributed by atoms with Crippen molar-refractivity contribution in [3.63, 3.8) is 0 Å². The van der Waals surface area contributed by atoms with Crippen molar-refractivity contribution in [2.24, 2.45) is 11.8 Å². The van der Waals surface area contributed by atoms with Crippen LogP contribution in [0.15, 0.2) is 30.3 Å². The summed E-state index contributed by atoms with van der Waals surface area (Å²) in [6.45, 7) is 7.06. The molecule has 2 heterocycles. The van der Waals surface area contributed by atoms with Crippen LogP contribution in [0, 0.1) is 11.8 Å². The van der Waals surface area contributed by atoms with E-state index in [2.05, 4.69) is 10.2 Å². The Balaban J connectivity index is 1.36. The minimum Gasteiger partial charge on any atom is -0.345 e. The van der Waals surface area contributed by atoms with Crippen molar-refractivity contribution in [2.75, 3.05) is 36.4 Å². The van der Waals surface area contributed by atoms with E-state index in [4.69, 9.17) is 4.98 Å². The number of fused-ring (bicyclic) bond motifs is 1. The van der Waals surface area contributed by atoms with Gasteiger partial charge in [-0.1, -0.05) is 32.0 Å². The molecule has 1 fully saturated rings. The van der Waals surface area contributed by atoms with Crippen LogP contribution < -0.4 is 10.2 Å². The number of rotatable bonds is 4. The first-order valence-corrected chi connectivity index (χ1v) is 11.2. The van der Waals surface area contributed by atoms with Crippen LogP contribution in [-0.2, 0) is 22.4 Å². The van der Waals surface area contributed by atoms with Crippen molar-refractivity contribution in [1.82, 2.24) is 9.88 Å². The van der Waals surface area contributed by atoms with E-state index in [9.17, 15) is 9.59 Å². The highest BCUT2D eigenvalue weighted by Gasteiger charge is 2.30. The van der Waals surface area contributed by atoms with Gasteiger partial charge in [0, 0.05) is 48.6 Å². The molecule has 2 aliphatic rings. The van der Waals surface area contributed by atoms with Gasteiger partial charge in [0.25, 0.3) is 0 Å². The summed E-state index contributed by atoms with van der Waals surface area (Å²) in [7, 11) is 0. The number of piperazine rings is 1. The Kier molecular flexibility index (Phi) is 5.85. The number of para-hydroxylation sites is 1. The summed E-state index contributed by atoms with van der Waals surface area (Å²) in [5, 5.41) is 4.07. The van der Waals surface area contributed by atoms with E-state index in [-0.39, 0.29) is 23.7 Å². The molecule has 0 unspecified atom stereocenters. The lowest BCUT2D eigenvalue weighted by Gasteiger charge is -2.35. The summed E-state index contributed by atoms with van der Waals surface area (Å²) in [4.78, 5) is 35.2. The number of nitrogens with one attached hydrogen (secondary N) is 1. The molecule has 7 heteroatoms. The third-order valence-electron chi connectivity index (χ3n) is 5.70. The van der Waals surface area contributed by atoms with Crippen molar-refractivity contribution >= 4 is 34.0 Å². The first-order chi connectivity index (χ1) is 14.0. The number of aryl methyl sites for hydroxylation is 1. The van der Waals surface area contributed by atoms with E-state index in [0.29, 0.717) is 0 Å². The van der Waals surface area contributed by atoms with Crippen LogP contribution in [0.4, 0.5) is 10.8 Å². The van der Waals surface area contributed by atoms with Crippen LogP contribution in [0.1, 0.15) is 30.8 Å². The van der Waals surface area contributed by atoms with Crippen LogP contribution in [0.25, 0.3) is 0 Å². The fourth-order valence-electron chi connectivity index (χ4n) is 3.97. The number of nitrogens with zero attached hydrogens (tertiary/aromatic N) is 3. The molecule has 4 rings (SSSR count). The summed E-state index contributed by atoms with van der Waals surface area (Å²) in [6.07, 6.45) is 2.45. The van der Waals surface area contributed by atoms with Crippen molar-refractivity contribution < 1.29 is 9.59 Å². The topological polar surface area (TPSA) is 65.5 Å². The van der Waals surface area contributed by atoms with Crippen molar-refractivity contribution in [1.29, 1.82) is 0 Å². The van der Waals surface area contributed by atoms with Gasteiger partial charge in [0.05, 0.1) is 5.69 Å². The number of hydrogen-bond acceptors (Lipinski definition) is 5. The van der Waals surface area contributed by atoms with Gasteiger partial charge in [-0.25, -0.2) is 4.98 Å². The number of aromatic nitrogens is 1. The second kappa shape index (κ2) is 8.53. The van der Waals surface area contributed by atoms with E-state index < -0.39 is 0 Å². The summed E-state index contributed by atoms with van der Waals surface area (Å²) >= 11 is 1.72. The molecule has 1 aliphatic carbocycles. The van der Waals surface area contributed by atoms with Crippen LogP contribution >= 0.6 is 11.3 Å². The normalized spacial score (nSPS) is 19.2. The maximum Gasteiger partial charge on any atom is 0.227 e. The van der Waals surface area contributed by atoms with Crippen LogP contribution in [0.5, 0.6) is 0 Å². The lowest BCUT2D eigenvalue weighted by Crippen LogP contribution is -2.49. The number of thiazole rings is 1. The smallest absolute Gasteiger partial charge is 0.227 e. The van der Waals surface area contributed by atoms with Crippen LogP contribution in [0.2, 0.25) is 0 Å². The van der Waals surface area contributed by atoms with Gasteiger partial charge in [-0.15, -0.1) is 11.3 Å². The fraction of sp³-hybridized carbons (Fsp3) is 0.500. The van der Waals surface area contributed by atoms with Crippen LogP contribution in [-0.4, -0.2) is 47.9 Å². The monoisotopic (exact) mass is 412 g/mol. The zero-order valence-electron chi connectivity index (χ0n) is 17.1.